The van der Waals surface area contributed by atoms with Crippen LogP contribution in [-0.2, 0) is 17.9 Å². The number of hydrogen-bond donors (Lipinski definition) is 1. The summed E-state index contributed by atoms with van der Waals surface area (Å²) in [5, 5.41) is 5.03. The van der Waals surface area contributed by atoms with Crippen LogP contribution in [0.4, 0.5) is 0 Å². The van der Waals surface area contributed by atoms with Gasteiger partial charge in [0.25, 0.3) is 0 Å². The summed E-state index contributed by atoms with van der Waals surface area (Å²) >= 11 is 18.6. The van der Waals surface area contributed by atoms with Crippen LogP contribution in [0.5, 0.6) is 11.5 Å². The van der Waals surface area contributed by atoms with E-state index in [9.17, 15) is 0 Å². The van der Waals surface area contributed by atoms with E-state index < -0.39 is 0 Å². The van der Waals surface area contributed by atoms with Crippen LogP contribution >= 0.6 is 47.2 Å². The van der Waals surface area contributed by atoms with Crippen molar-refractivity contribution in [3.8, 4) is 11.5 Å². The highest BCUT2D eigenvalue weighted by molar-refractivity contribution is 6.35. The summed E-state index contributed by atoms with van der Waals surface area (Å²) in [6, 6.07) is 9.09. The largest absolute Gasteiger partial charge is 0.493 e. The third-order valence-corrected chi connectivity index (χ3v) is 5.27. The van der Waals surface area contributed by atoms with E-state index in [0.717, 1.165) is 37.1 Å². The molecule has 1 atom stereocenters. The summed E-state index contributed by atoms with van der Waals surface area (Å²) in [6.07, 6.45) is 2.54. The lowest BCUT2D eigenvalue weighted by atomic mass is 10.2. The van der Waals surface area contributed by atoms with E-state index in [1.165, 1.54) is 0 Å². The third kappa shape index (κ3) is 6.31. The second kappa shape index (κ2) is 11.3. The molecule has 1 aliphatic rings. The monoisotopic (exact) mass is 465 g/mol. The zero-order valence-electron chi connectivity index (χ0n) is 15.5. The van der Waals surface area contributed by atoms with Crippen LogP contribution < -0.4 is 14.8 Å². The predicted molar refractivity (Wildman–Crippen MR) is 117 cm³/mol. The molecule has 1 fully saturated rings. The van der Waals surface area contributed by atoms with Crippen molar-refractivity contribution in [1.82, 2.24) is 5.32 Å². The number of ether oxygens (including phenoxy) is 3. The van der Waals surface area contributed by atoms with Crippen LogP contribution in [0.15, 0.2) is 30.3 Å². The Bertz CT molecular complexity index is 782. The van der Waals surface area contributed by atoms with Gasteiger partial charge < -0.3 is 19.5 Å². The Hall–Kier alpha value is -0.880. The molecule has 0 spiro atoms. The second-order valence-electron chi connectivity index (χ2n) is 6.40. The second-order valence-corrected chi connectivity index (χ2v) is 7.65. The van der Waals surface area contributed by atoms with Crippen LogP contribution in [0.25, 0.3) is 0 Å². The molecule has 0 bridgehead atoms. The summed E-state index contributed by atoms with van der Waals surface area (Å²) in [6.45, 7) is 2.63. The van der Waals surface area contributed by atoms with Crippen molar-refractivity contribution >= 4 is 47.2 Å². The number of hydrogen-bond acceptors (Lipinski definition) is 4. The van der Waals surface area contributed by atoms with E-state index in [4.69, 9.17) is 49.0 Å². The number of benzene rings is 2. The molecule has 8 heteroatoms. The molecular weight excluding hydrogens is 444 g/mol. The van der Waals surface area contributed by atoms with Gasteiger partial charge in [0.1, 0.15) is 6.61 Å². The summed E-state index contributed by atoms with van der Waals surface area (Å²) in [7, 11) is 1.59. The molecule has 1 heterocycles. The summed E-state index contributed by atoms with van der Waals surface area (Å²) in [5.74, 6) is 1.08. The minimum Gasteiger partial charge on any atom is -0.493 e. The minimum atomic E-state index is 0. The van der Waals surface area contributed by atoms with Gasteiger partial charge in [-0.15, -0.1) is 12.4 Å². The number of methoxy groups -OCH3 is 1. The van der Waals surface area contributed by atoms with Gasteiger partial charge in [0.2, 0.25) is 0 Å². The number of halogens is 4. The van der Waals surface area contributed by atoms with Crippen LogP contribution in [0.1, 0.15) is 24.0 Å². The molecule has 154 valence electrons. The van der Waals surface area contributed by atoms with Gasteiger partial charge in [-0.25, -0.2) is 0 Å². The molecule has 1 aliphatic heterocycles. The highest BCUT2D eigenvalue weighted by atomic mass is 35.5. The first-order chi connectivity index (χ1) is 13.1. The quantitative estimate of drug-likeness (QED) is 0.523. The lowest BCUT2D eigenvalue weighted by Gasteiger charge is -2.16. The average molecular weight is 467 g/mol. The van der Waals surface area contributed by atoms with Crippen molar-refractivity contribution in [3.63, 3.8) is 0 Å². The highest BCUT2D eigenvalue weighted by Gasteiger charge is 2.16. The normalized spacial score (nSPS) is 15.9. The maximum atomic E-state index is 6.44. The molecular formula is C20H23Cl4NO3. The molecule has 2 aromatic rings. The average Bonchev–Trinajstić information content (AvgIpc) is 3.15. The Balaban J connectivity index is 0.00000280. The molecule has 2 aromatic carbocycles. The van der Waals surface area contributed by atoms with E-state index in [2.05, 4.69) is 5.32 Å². The van der Waals surface area contributed by atoms with E-state index in [-0.39, 0.29) is 19.0 Å². The molecule has 1 unspecified atom stereocenters. The lowest BCUT2D eigenvalue weighted by Crippen LogP contribution is -2.25. The minimum absolute atomic E-state index is 0. The predicted octanol–water partition coefficient (Wildman–Crippen LogP) is 5.92. The van der Waals surface area contributed by atoms with E-state index in [1.807, 2.05) is 18.2 Å². The Morgan fingerprint density at radius 2 is 1.96 bits per heavy atom. The van der Waals surface area contributed by atoms with Gasteiger partial charge in [-0.2, -0.15) is 0 Å². The van der Waals surface area contributed by atoms with Crippen LogP contribution in [0.3, 0.4) is 0 Å². The smallest absolute Gasteiger partial charge is 0.180 e. The Morgan fingerprint density at radius 3 is 2.64 bits per heavy atom. The Morgan fingerprint density at radius 1 is 1.14 bits per heavy atom. The molecule has 0 aliphatic carbocycles. The zero-order valence-corrected chi connectivity index (χ0v) is 18.6. The molecule has 0 saturated carbocycles. The van der Waals surface area contributed by atoms with Crippen molar-refractivity contribution in [1.29, 1.82) is 0 Å². The molecule has 0 amide bonds. The fraction of sp³-hybridized carbons (Fsp3) is 0.400. The molecule has 3 rings (SSSR count). The fourth-order valence-electron chi connectivity index (χ4n) is 2.99. The van der Waals surface area contributed by atoms with Gasteiger partial charge in [0, 0.05) is 35.3 Å². The molecule has 1 saturated heterocycles. The summed E-state index contributed by atoms with van der Waals surface area (Å²) in [4.78, 5) is 0. The zero-order chi connectivity index (χ0) is 19.2. The summed E-state index contributed by atoms with van der Waals surface area (Å²) < 4.78 is 17.0. The van der Waals surface area contributed by atoms with Gasteiger partial charge in [0.05, 0.1) is 18.2 Å². The van der Waals surface area contributed by atoms with Crippen molar-refractivity contribution in [3.05, 3.63) is 56.5 Å². The molecule has 4 nitrogen and oxygen atoms in total. The third-order valence-electron chi connectivity index (χ3n) is 4.40. The Labute approximate surface area is 186 Å². The molecule has 28 heavy (non-hydrogen) atoms. The maximum absolute atomic E-state index is 6.44. The highest BCUT2D eigenvalue weighted by Crippen LogP contribution is 2.37. The lowest BCUT2D eigenvalue weighted by molar-refractivity contribution is 0.110. The van der Waals surface area contributed by atoms with E-state index in [1.54, 1.807) is 19.2 Å². The van der Waals surface area contributed by atoms with Crippen molar-refractivity contribution in [2.45, 2.75) is 32.1 Å². The van der Waals surface area contributed by atoms with Gasteiger partial charge in [-0.1, -0.05) is 40.9 Å². The van der Waals surface area contributed by atoms with Crippen molar-refractivity contribution in [2.75, 3.05) is 20.3 Å². The van der Waals surface area contributed by atoms with Crippen LogP contribution in [-0.4, -0.2) is 26.4 Å². The SMILES string of the molecule is COc1cc(CNCC2CCCO2)cc(Cl)c1OCc1ccc(Cl)cc1Cl.Cl. The summed E-state index contributed by atoms with van der Waals surface area (Å²) in [5.41, 5.74) is 1.84. The number of nitrogens with one attached hydrogen (secondary N) is 1. The first kappa shape index (κ1) is 23.4. The molecule has 1 N–H and O–H groups in total. The maximum Gasteiger partial charge on any atom is 0.180 e. The van der Waals surface area contributed by atoms with Crippen LogP contribution in [0, 0.1) is 0 Å². The van der Waals surface area contributed by atoms with Crippen LogP contribution in [0.2, 0.25) is 15.1 Å². The first-order valence-corrected chi connectivity index (χ1v) is 9.95. The van der Waals surface area contributed by atoms with Gasteiger partial charge in [-0.3, -0.25) is 0 Å². The topological polar surface area (TPSA) is 39.7 Å². The van der Waals surface area contributed by atoms with Gasteiger partial charge in [-0.05, 0) is 42.7 Å². The van der Waals surface area contributed by atoms with Gasteiger partial charge >= 0.3 is 0 Å². The molecule has 0 aromatic heterocycles. The number of rotatable bonds is 8. The fourth-order valence-corrected chi connectivity index (χ4v) is 3.74. The first-order valence-electron chi connectivity index (χ1n) is 8.82. The van der Waals surface area contributed by atoms with Crippen molar-refractivity contribution in [2.24, 2.45) is 0 Å². The van der Waals surface area contributed by atoms with E-state index >= 15 is 0 Å². The Kier molecular flexibility index (Phi) is 9.48. The molecule has 0 radical (unpaired) electrons. The standard InChI is InChI=1S/C20H22Cl3NO3.ClH/c1-25-19-8-13(10-24-11-16-3-2-6-26-16)7-18(23)20(19)27-12-14-4-5-15(21)9-17(14)22;/h4-5,7-9,16,24H,2-3,6,10-12H2,1H3;1H. The van der Waals surface area contributed by atoms with Gasteiger partial charge in [0.15, 0.2) is 11.5 Å². The van der Waals surface area contributed by atoms with Crippen molar-refractivity contribution < 1.29 is 14.2 Å². The van der Waals surface area contributed by atoms with E-state index in [0.29, 0.717) is 39.2 Å².